The van der Waals surface area contributed by atoms with Crippen molar-refractivity contribution < 1.29 is 9.72 Å². The number of aromatic nitrogens is 1. The van der Waals surface area contributed by atoms with Crippen molar-refractivity contribution in [3.8, 4) is 0 Å². The number of pyridine rings is 1. The quantitative estimate of drug-likeness (QED) is 0.604. The Morgan fingerprint density at radius 3 is 2.74 bits per heavy atom. The maximum absolute atomic E-state index is 12.0. The van der Waals surface area contributed by atoms with Crippen molar-refractivity contribution in [2.75, 3.05) is 18.9 Å². The predicted molar refractivity (Wildman–Crippen MR) is 72.2 cm³/mol. The van der Waals surface area contributed by atoms with Crippen LogP contribution in [0.15, 0.2) is 12.3 Å². The molecule has 1 aromatic rings. The molecule has 1 aromatic heterocycles. The molecule has 7 heteroatoms. The number of nitrogens with zero attached hydrogens (tertiary/aromatic N) is 2. The molecule has 2 N–H and O–H groups in total. The SMILES string of the molecule is CNc1ncc([N+](=O)[O-])cc1C(=O)NCCC(C)C. The van der Waals surface area contributed by atoms with E-state index in [1.54, 1.807) is 7.05 Å². The highest BCUT2D eigenvalue weighted by molar-refractivity contribution is 5.99. The number of hydrogen-bond donors (Lipinski definition) is 2. The first-order chi connectivity index (χ1) is 8.95. The number of anilines is 1. The highest BCUT2D eigenvalue weighted by atomic mass is 16.6. The number of amides is 1. The van der Waals surface area contributed by atoms with E-state index in [1.807, 2.05) is 0 Å². The van der Waals surface area contributed by atoms with Crippen LogP contribution in [0.5, 0.6) is 0 Å². The minimum atomic E-state index is -0.572. The zero-order chi connectivity index (χ0) is 14.4. The minimum Gasteiger partial charge on any atom is -0.372 e. The lowest BCUT2D eigenvalue weighted by Crippen LogP contribution is -2.26. The van der Waals surface area contributed by atoms with E-state index in [1.165, 1.54) is 6.07 Å². The van der Waals surface area contributed by atoms with Crippen molar-refractivity contribution in [3.05, 3.63) is 27.9 Å². The molecule has 0 radical (unpaired) electrons. The molecule has 0 unspecified atom stereocenters. The predicted octanol–water partition coefficient (Wildman–Crippen LogP) is 1.81. The molecule has 19 heavy (non-hydrogen) atoms. The lowest BCUT2D eigenvalue weighted by molar-refractivity contribution is -0.385. The zero-order valence-electron chi connectivity index (χ0n) is 11.3. The normalized spacial score (nSPS) is 10.3. The van der Waals surface area contributed by atoms with Crippen molar-refractivity contribution in [2.45, 2.75) is 20.3 Å². The average molecular weight is 266 g/mol. The number of rotatable bonds is 6. The summed E-state index contributed by atoms with van der Waals surface area (Å²) >= 11 is 0. The summed E-state index contributed by atoms with van der Waals surface area (Å²) in [7, 11) is 1.61. The van der Waals surface area contributed by atoms with Crippen molar-refractivity contribution in [3.63, 3.8) is 0 Å². The summed E-state index contributed by atoms with van der Waals surface area (Å²) in [5.41, 5.74) is -0.0199. The monoisotopic (exact) mass is 266 g/mol. The number of nitrogens with one attached hydrogen (secondary N) is 2. The molecule has 1 rings (SSSR count). The van der Waals surface area contributed by atoms with Gasteiger partial charge in [-0.1, -0.05) is 13.8 Å². The van der Waals surface area contributed by atoms with Crippen LogP contribution in [0.2, 0.25) is 0 Å². The molecule has 1 amide bonds. The largest absolute Gasteiger partial charge is 0.372 e. The van der Waals surface area contributed by atoms with Crippen LogP contribution in [-0.4, -0.2) is 29.4 Å². The van der Waals surface area contributed by atoms with Crippen LogP contribution >= 0.6 is 0 Å². The topological polar surface area (TPSA) is 97.2 Å². The maximum Gasteiger partial charge on any atom is 0.288 e. The second-order valence-electron chi connectivity index (χ2n) is 4.54. The molecular weight excluding hydrogens is 248 g/mol. The van der Waals surface area contributed by atoms with Gasteiger partial charge in [0.15, 0.2) is 0 Å². The number of carbonyl (C=O) groups is 1. The molecule has 0 spiro atoms. The Bertz CT molecular complexity index is 474. The van der Waals surface area contributed by atoms with E-state index in [4.69, 9.17) is 0 Å². The van der Waals surface area contributed by atoms with Gasteiger partial charge in [0.1, 0.15) is 12.0 Å². The molecule has 0 fully saturated rings. The van der Waals surface area contributed by atoms with Crippen LogP contribution in [0, 0.1) is 16.0 Å². The Kier molecular flexibility index (Phi) is 5.23. The lowest BCUT2D eigenvalue weighted by atomic mass is 10.1. The van der Waals surface area contributed by atoms with Gasteiger partial charge in [0, 0.05) is 19.7 Å². The van der Waals surface area contributed by atoms with Crippen LogP contribution in [0.25, 0.3) is 0 Å². The van der Waals surface area contributed by atoms with Crippen LogP contribution in [-0.2, 0) is 0 Å². The Balaban J connectivity index is 2.87. The highest BCUT2D eigenvalue weighted by Gasteiger charge is 2.17. The van der Waals surface area contributed by atoms with Crippen LogP contribution in [0.4, 0.5) is 11.5 Å². The highest BCUT2D eigenvalue weighted by Crippen LogP contribution is 2.18. The van der Waals surface area contributed by atoms with Gasteiger partial charge in [-0.3, -0.25) is 14.9 Å². The van der Waals surface area contributed by atoms with Gasteiger partial charge < -0.3 is 10.6 Å². The number of nitro groups is 1. The van der Waals surface area contributed by atoms with E-state index in [2.05, 4.69) is 29.5 Å². The Labute approximate surface area is 111 Å². The van der Waals surface area contributed by atoms with Crippen molar-refractivity contribution in [1.82, 2.24) is 10.3 Å². The van der Waals surface area contributed by atoms with Gasteiger partial charge >= 0.3 is 0 Å². The summed E-state index contributed by atoms with van der Waals surface area (Å²) in [5.74, 6) is 0.446. The Morgan fingerprint density at radius 1 is 1.53 bits per heavy atom. The van der Waals surface area contributed by atoms with Crippen molar-refractivity contribution in [1.29, 1.82) is 0 Å². The summed E-state index contributed by atoms with van der Waals surface area (Å²) in [6.07, 6.45) is 1.97. The lowest BCUT2D eigenvalue weighted by Gasteiger charge is -2.09. The van der Waals surface area contributed by atoms with Gasteiger partial charge in [0.2, 0.25) is 0 Å². The summed E-state index contributed by atoms with van der Waals surface area (Å²) < 4.78 is 0. The second-order valence-corrected chi connectivity index (χ2v) is 4.54. The molecule has 0 saturated carbocycles. The molecule has 0 aliphatic carbocycles. The molecule has 1 heterocycles. The first-order valence-corrected chi connectivity index (χ1v) is 6.06. The molecule has 104 valence electrons. The summed E-state index contributed by atoms with van der Waals surface area (Å²) in [5, 5.41) is 16.2. The fraction of sp³-hybridized carbons (Fsp3) is 0.500. The summed E-state index contributed by atoms with van der Waals surface area (Å²) in [6, 6.07) is 1.23. The third-order valence-electron chi connectivity index (χ3n) is 2.57. The van der Waals surface area contributed by atoms with Gasteiger partial charge in [-0.2, -0.15) is 0 Å². The van der Waals surface area contributed by atoms with Crippen LogP contribution < -0.4 is 10.6 Å². The third kappa shape index (κ3) is 4.20. The summed E-state index contributed by atoms with van der Waals surface area (Å²) in [6.45, 7) is 4.64. The molecule has 7 nitrogen and oxygen atoms in total. The van der Waals surface area contributed by atoms with Gasteiger partial charge in [0.05, 0.1) is 10.5 Å². The zero-order valence-corrected chi connectivity index (χ0v) is 11.3. The molecule has 0 atom stereocenters. The average Bonchev–Trinajstić information content (AvgIpc) is 2.37. The maximum atomic E-state index is 12.0. The van der Waals surface area contributed by atoms with Gasteiger partial charge in [-0.25, -0.2) is 4.98 Å². The van der Waals surface area contributed by atoms with Gasteiger partial charge in [-0.05, 0) is 12.3 Å². The first kappa shape index (κ1) is 14.9. The smallest absolute Gasteiger partial charge is 0.288 e. The van der Waals surface area contributed by atoms with Gasteiger partial charge in [-0.15, -0.1) is 0 Å². The molecular formula is C12H18N4O3. The Hall–Kier alpha value is -2.18. The minimum absolute atomic E-state index is 0.181. The second kappa shape index (κ2) is 6.67. The number of carbonyl (C=O) groups excluding carboxylic acids is 1. The van der Waals surface area contributed by atoms with Crippen LogP contribution in [0.3, 0.4) is 0 Å². The molecule has 0 aromatic carbocycles. The first-order valence-electron chi connectivity index (χ1n) is 6.06. The van der Waals surface area contributed by atoms with Crippen LogP contribution in [0.1, 0.15) is 30.6 Å². The van der Waals surface area contributed by atoms with E-state index >= 15 is 0 Å². The molecule has 0 aliphatic heterocycles. The van der Waals surface area contributed by atoms with Crippen molar-refractivity contribution >= 4 is 17.4 Å². The van der Waals surface area contributed by atoms with E-state index < -0.39 is 4.92 Å². The van der Waals surface area contributed by atoms with Gasteiger partial charge in [0.25, 0.3) is 11.6 Å². The summed E-state index contributed by atoms with van der Waals surface area (Å²) in [4.78, 5) is 26.0. The van der Waals surface area contributed by atoms with E-state index in [0.717, 1.165) is 12.6 Å². The van der Waals surface area contributed by atoms with E-state index in [0.29, 0.717) is 18.3 Å². The van der Waals surface area contributed by atoms with E-state index in [-0.39, 0.29) is 17.2 Å². The fourth-order valence-corrected chi connectivity index (χ4v) is 1.50. The molecule has 0 aliphatic rings. The molecule has 0 saturated heterocycles. The standard InChI is InChI=1S/C12H18N4O3/c1-8(2)4-5-14-12(17)10-6-9(16(18)19)7-15-11(10)13-3/h6-8H,4-5H2,1-3H3,(H,13,15)(H,14,17). The van der Waals surface area contributed by atoms with E-state index in [9.17, 15) is 14.9 Å². The fourth-order valence-electron chi connectivity index (χ4n) is 1.50. The Morgan fingerprint density at radius 2 is 2.21 bits per heavy atom. The third-order valence-corrected chi connectivity index (χ3v) is 2.57. The van der Waals surface area contributed by atoms with Crippen molar-refractivity contribution in [2.24, 2.45) is 5.92 Å². The number of hydrogen-bond acceptors (Lipinski definition) is 5. The molecule has 0 bridgehead atoms.